The van der Waals surface area contributed by atoms with E-state index >= 15 is 0 Å². The van der Waals surface area contributed by atoms with Crippen molar-refractivity contribution in [3.05, 3.63) is 101 Å². The number of benzene rings is 2. The van der Waals surface area contributed by atoms with Gasteiger partial charge in [0.2, 0.25) is 11.3 Å². The molecule has 2 fully saturated rings. The zero-order chi connectivity index (χ0) is 31.1. The molecule has 0 amide bonds. The van der Waals surface area contributed by atoms with Crippen molar-refractivity contribution >= 4 is 34.4 Å². The van der Waals surface area contributed by atoms with E-state index in [2.05, 4.69) is 82.1 Å². The molecule has 1 unspecified atom stereocenters. The number of aromatic nitrogens is 3. The highest BCUT2D eigenvalue weighted by molar-refractivity contribution is 7.76. The molecule has 7 rings (SSSR count). The van der Waals surface area contributed by atoms with Crippen molar-refractivity contribution in [2.75, 3.05) is 36.8 Å². The van der Waals surface area contributed by atoms with Crippen LogP contribution in [0.5, 0.6) is 0 Å². The molecular weight excluding hydrogens is 582 g/mol. The molecule has 1 saturated carbocycles. The molecule has 3 heterocycles. The lowest BCUT2D eigenvalue weighted by molar-refractivity contribution is 0.253. The molecule has 2 aliphatic carbocycles. The van der Waals surface area contributed by atoms with Gasteiger partial charge in [-0.1, -0.05) is 35.9 Å². The summed E-state index contributed by atoms with van der Waals surface area (Å²) in [7, 11) is 0. The highest BCUT2D eigenvalue weighted by atomic mass is 32.2. The monoisotopic (exact) mass is 621 g/mol. The smallest absolute Gasteiger partial charge is 0.234 e. The molecule has 5 N–H and O–H groups in total. The number of pyridine rings is 1. The van der Waals surface area contributed by atoms with Crippen LogP contribution in [-0.2, 0) is 23.2 Å². The number of hydrogen-bond acceptors (Lipinski definition) is 6. The molecule has 0 spiro atoms. The molecule has 4 aromatic rings. The van der Waals surface area contributed by atoms with E-state index in [0.717, 1.165) is 65.4 Å². The summed E-state index contributed by atoms with van der Waals surface area (Å²) in [6, 6.07) is 21.1. The topological polar surface area (TPSA) is 127 Å². The number of rotatable bonds is 6. The Bertz CT molecular complexity index is 1820. The number of fused-ring (bicyclic) bond motifs is 1. The molecule has 2 aromatic heterocycles. The Labute approximate surface area is 266 Å². The van der Waals surface area contributed by atoms with Gasteiger partial charge in [0.15, 0.2) is 0 Å². The molecule has 1 atom stereocenters. The van der Waals surface area contributed by atoms with Gasteiger partial charge in [0.1, 0.15) is 11.6 Å². The van der Waals surface area contributed by atoms with Gasteiger partial charge < -0.3 is 16.4 Å². The largest absolute Gasteiger partial charge is 0.383 e. The van der Waals surface area contributed by atoms with Crippen LogP contribution in [0.2, 0.25) is 0 Å². The van der Waals surface area contributed by atoms with Crippen LogP contribution in [-0.4, -0.2) is 53.8 Å². The van der Waals surface area contributed by atoms with Crippen molar-refractivity contribution in [3.8, 4) is 17.1 Å². The van der Waals surface area contributed by atoms with Gasteiger partial charge in [0, 0.05) is 49.3 Å². The lowest BCUT2D eigenvalue weighted by Crippen LogP contribution is -2.46. The molecule has 1 aliphatic heterocycles. The van der Waals surface area contributed by atoms with Crippen LogP contribution >= 0.6 is 0 Å². The van der Waals surface area contributed by atoms with Crippen LogP contribution in [0.15, 0.2) is 78.5 Å². The van der Waals surface area contributed by atoms with E-state index in [1.807, 2.05) is 12.1 Å². The number of imidazole rings is 1. The van der Waals surface area contributed by atoms with Crippen LogP contribution in [0.3, 0.4) is 0 Å². The normalized spacial score (nSPS) is 19.0. The van der Waals surface area contributed by atoms with E-state index in [1.54, 1.807) is 10.5 Å². The fraction of sp³-hybridized carbons (Fsp3) is 0.314. The minimum absolute atomic E-state index is 0.217. The number of nitrogens with two attached hydrogens (primary N) is 2. The maximum Gasteiger partial charge on any atom is 0.234 e. The van der Waals surface area contributed by atoms with Crippen molar-refractivity contribution < 1.29 is 8.76 Å². The molecule has 10 heteroatoms. The van der Waals surface area contributed by atoms with E-state index in [4.69, 9.17) is 16.5 Å². The number of nitrogen functional groups attached to an aromatic ring is 1. The molecule has 1 saturated heterocycles. The zero-order valence-corrected chi connectivity index (χ0v) is 26.3. The Morgan fingerprint density at radius 2 is 1.71 bits per heavy atom. The number of nitrogens with zero attached hydrogens (tertiary/aromatic N) is 5. The van der Waals surface area contributed by atoms with E-state index < -0.39 is 11.3 Å². The molecule has 0 bridgehead atoms. The first-order chi connectivity index (χ1) is 21.8. The second-order valence-electron chi connectivity index (χ2n) is 12.3. The summed E-state index contributed by atoms with van der Waals surface area (Å²) in [5.41, 5.74) is 22.7. The molecule has 0 radical (unpaired) electrons. The number of allylic oxidation sites excluding steroid dienone is 3. The molecular formula is C35H39N7O2S. The van der Waals surface area contributed by atoms with Gasteiger partial charge in [-0.15, -0.1) is 0 Å². The Kier molecular flexibility index (Phi) is 7.91. The highest BCUT2D eigenvalue weighted by Gasteiger charge is 2.34. The fourth-order valence-electron chi connectivity index (χ4n) is 6.76. The van der Waals surface area contributed by atoms with Gasteiger partial charge in [0.05, 0.1) is 17.0 Å². The average molecular weight is 622 g/mol. The number of piperazine rings is 1. The SMILES string of the molecule is CC1=C(c2cccc(N3CCN(S(=O)O)CC3)c2)C=Cc2nc(-c3cccnc3N)n(-c3ccc(C4(N)CCC4)cc3)c2CC1. The van der Waals surface area contributed by atoms with Gasteiger partial charge in [-0.2, -0.15) is 4.31 Å². The minimum Gasteiger partial charge on any atom is -0.383 e. The lowest BCUT2D eigenvalue weighted by atomic mass is 9.73. The summed E-state index contributed by atoms with van der Waals surface area (Å²) in [6.45, 7) is 4.73. The van der Waals surface area contributed by atoms with Crippen molar-refractivity contribution in [3.63, 3.8) is 0 Å². The second-order valence-corrected chi connectivity index (χ2v) is 13.3. The standard InChI is InChI=1S/C35H39N7O2S/c1-24-8-15-32-31(14-13-29(24)25-5-2-6-28(23-25)40-19-21-41(22-20-40)45(43)44)39-34(30-7-3-18-38-33(30)36)42(32)27-11-9-26(10-12-27)35(37)16-4-17-35/h2-3,5-7,9-14,18,23H,4,8,15-17,19-22,37H2,1H3,(H2,36,38)(H,43,44). The first-order valence-electron chi connectivity index (χ1n) is 15.6. The molecule has 232 valence electrons. The second kappa shape index (κ2) is 12.0. The third-order valence-corrected chi connectivity index (χ3v) is 10.4. The summed E-state index contributed by atoms with van der Waals surface area (Å²) in [4.78, 5) is 11.8. The number of hydrogen-bond donors (Lipinski definition) is 3. The van der Waals surface area contributed by atoms with Crippen LogP contribution in [0.1, 0.15) is 55.1 Å². The average Bonchev–Trinajstić information content (AvgIpc) is 3.39. The van der Waals surface area contributed by atoms with Gasteiger partial charge >= 0.3 is 0 Å². The number of anilines is 2. The Balaban J connectivity index is 1.24. The summed E-state index contributed by atoms with van der Waals surface area (Å²) >= 11 is -1.92. The van der Waals surface area contributed by atoms with E-state index in [1.165, 1.54) is 23.1 Å². The first kappa shape index (κ1) is 29.6. The Morgan fingerprint density at radius 3 is 2.40 bits per heavy atom. The van der Waals surface area contributed by atoms with Crippen LogP contribution in [0.4, 0.5) is 11.5 Å². The van der Waals surface area contributed by atoms with Gasteiger partial charge in [0.25, 0.3) is 0 Å². The van der Waals surface area contributed by atoms with E-state index in [-0.39, 0.29) is 5.54 Å². The van der Waals surface area contributed by atoms with Crippen LogP contribution in [0, 0.1) is 0 Å². The van der Waals surface area contributed by atoms with Crippen LogP contribution < -0.4 is 16.4 Å². The predicted molar refractivity (Wildman–Crippen MR) is 182 cm³/mol. The third-order valence-electron chi connectivity index (χ3n) is 9.62. The Hall–Kier alpha value is -4.09. The quantitative estimate of drug-likeness (QED) is 0.241. The zero-order valence-electron chi connectivity index (χ0n) is 25.5. The predicted octanol–water partition coefficient (Wildman–Crippen LogP) is 5.55. The van der Waals surface area contributed by atoms with Crippen molar-refractivity contribution in [2.24, 2.45) is 5.73 Å². The summed E-state index contributed by atoms with van der Waals surface area (Å²) in [5.74, 6) is 1.23. The minimum atomic E-state index is -1.92. The van der Waals surface area contributed by atoms with Crippen molar-refractivity contribution in [1.29, 1.82) is 0 Å². The summed E-state index contributed by atoms with van der Waals surface area (Å²) < 4.78 is 24.8. The van der Waals surface area contributed by atoms with Gasteiger partial charge in [-0.05, 0) is 98.2 Å². The molecule has 45 heavy (non-hydrogen) atoms. The first-order valence-corrected chi connectivity index (χ1v) is 16.7. The molecule has 3 aliphatic rings. The fourth-order valence-corrected chi connectivity index (χ4v) is 7.23. The Morgan fingerprint density at radius 1 is 0.933 bits per heavy atom. The maximum atomic E-state index is 11.5. The van der Waals surface area contributed by atoms with Crippen molar-refractivity contribution in [2.45, 2.75) is 44.6 Å². The van der Waals surface area contributed by atoms with E-state index in [9.17, 15) is 8.76 Å². The van der Waals surface area contributed by atoms with Crippen LogP contribution in [0.25, 0.3) is 28.7 Å². The summed E-state index contributed by atoms with van der Waals surface area (Å²) in [6.07, 6.45) is 10.9. The third kappa shape index (κ3) is 5.63. The summed E-state index contributed by atoms with van der Waals surface area (Å²) in [5, 5.41) is 0. The van der Waals surface area contributed by atoms with Gasteiger partial charge in [-0.3, -0.25) is 9.12 Å². The van der Waals surface area contributed by atoms with Crippen molar-refractivity contribution in [1.82, 2.24) is 18.8 Å². The maximum absolute atomic E-state index is 11.5. The van der Waals surface area contributed by atoms with E-state index in [0.29, 0.717) is 32.0 Å². The molecule has 2 aromatic carbocycles. The lowest BCUT2D eigenvalue weighted by Gasteiger charge is -2.38. The highest BCUT2D eigenvalue weighted by Crippen LogP contribution is 2.40. The van der Waals surface area contributed by atoms with Gasteiger partial charge in [-0.25, -0.2) is 14.2 Å². The molecule has 9 nitrogen and oxygen atoms in total.